The number of aromatic nitrogens is 3. The molecule has 2 aliphatic heterocycles. The van der Waals surface area contributed by atoms with Crippen molar-refractivity contribution in [1.29, 1.82) is 0 Å². The van der Waals surface area contributed by atoms with Crippen LogP contribution >= 0.6 is 0 Å². The van der Waals surface area contributed by atoms with Crippen LogP contribution in [0.1, 0.15) is 112 Å². The topological polar surface area (TPSA) is 280 Å². The van der Waals surface area contributed by atoms with E-state index in [9.17, 15) is 45.2 Å². The van der Waals surface area contributed by atoms with E-state index in [1.165, 1.54) is 38.0 Å². The molecule has 73 heavy (non-hydrogen) atoms. The number of nitro benzene ring substituents is 1. The number of hydrogen-bond acceptors (Lipinski definition) is 20. The van der Waals surface area contributed by atoms with Crippen molar-refractivity contribution in [3.8, 4) is 0 Å². The van der Waals surface area contributed by atoms with E-state index >= 15 is 0 Å². The Hall–Kier alpha value is -3.78. The van der Waals surface area contributed by atoms with Gasteiger partial charge in [0.05, 0.1) is 60.3 Å². The second-order valence-corrected chi connectivity index (χ2v) is 21.2. The van der Waals surface area contributed by atoms with E-state index in [1.54, 1.807) is 59.9 Å². The van der Waals surface area contributed by atoms with Crippen LogP contribution in [0.15, 0.2) is 30.5 Å². The maximum Gasteiger partial charge on any atom is 0.331 e. The highest BCUT2D eigenvalue weighted by Crippen LogP contribution is 2.36. The highest BCUT2D eigenvalue weighted by molar-refractivity contribution is 5.74. The van der Waals surface area contributed by atoms with Gasteiger partial charge in [0.2, 0.25) is 0 Å². The molecule has 416 valence electrons. The van der Waals surface area contributed by atoms with E-state index in [0.717, 1.165) is 0 Å². The number of nitrogens with zero attached hydrogens (tertiary/aromatic N) is 6. The first-order valence-corrected chi connectivity index (χ1v) is 25.6. The highest BCUT2D eigenvalue weighted by Gasteiger charge is 2.49. The fourth-order valence-electron chi connectivity index (χ4n) is 10.1. The number of benzene rings is 1. The smallest absolute Gasteiger partial charge is 0.331 e. The Balaban J connectivity index is 1.47. The second-order valence-electron chi connectivity index (χ2n) is 21.2. The van der Waals surface area contributed by atoms with Gasteiger partial charge in [-0.05, 0) is 93.3 Å². The van der Waals surface area contributed by atoms with Gasteiger partial charge in [-0.2, -0.15) is 0 Å². The molecule has 2 aliphatic rings. The summed E-state index contributed by atoms with van der Waals surface area (Å²) in [4.78, 5) is 41.7. The molecule has 0 saturated carbocycles. The molecule has 3 heterocycles. The molecule has 5 N–H and O–H groups in total. The van der Waals surface area contributed by atoms with Crippen LogP contribution in [-0.4, -0.2) is 200 Å². The van der Waals surface area contributed by atoms with Gasteiger partial charge in [-0.1, -0.05) is 38.1 Å². The van der Waals surface area contributed by atoms with Crippen LogP contribution in [0.3, 0.4) is 0 Å². The number of ether oxygens (including phenoxy) is 7. The first-order valence-electron chi connectivity index (χ1n) is 25.6. The van der Waals surface area contributed by atoms with E-state index < -0.39 is 113 Å². The summed E-state index contributed by atoms with van der Waals surface area (Å²) in [6.07, 6.45) is -5.36. The minimum atomic E-state index is -1.87. The summed E-state index contributed by atoms with van der Waals surface area (Å²) in [7, 11) is 6.47. The summed E-state index contributed by atoms with van der Waals surface area (Å²) in [5.74, 6) is -2.69. The van der Waals surface area contributed by atoms with Crippen molar-refractivity contribution in [2.45, 2.75) is 199 Å². The van der Waals surface area contributed by atoms with E-state index in [0.29, 0.717) is 43.6 Å². The van der Waals surface area contributed by atoms with Crippen molar-refractivity contribution < 1.29 is 73.2 Å². The van der Waals surface area contributed by atoms with E-state index in [-0.39, 0.29) is 43.6 Å². The van der Waals surface area contributed by atoms with E-state index in [2.05, 4.69) is 10.3 Å². The number of methoxy groups -OCH3 is 2. The molecule has 22 heteroatoms. The largest absolute Gasteiger partial charge is 0.467 e. The van der Waals surface area contributed by atoms with E-state index in [4.69, 9.17) is 33.2 Å². The van der Waals surface area contributed by atoms with Gasteiger partial charge >= 0.3 is 11.9 Å². The number of hydrogen-bond donors (Lipinski definition) is 5. The number of esters is 2. The van der Waals surface area contributed by atoms with Gasteiger partial charge in [-0.3, -0.25) is 14.9 Å². The minimum absolute atomic E-state index is 0.0467. The third-order valence-electron chi connectivity index (χ3n) is 14.9. The predicted molar refractivity (Wildman–Crippen MR) is 267 cm³/mol. The number of aliphatic hydroxyl groups excluding tert-OH is 4. The molecular weight excluding hydrogens is 953 g/mol. The second kappa shape index (κ2) is 27.3. The minimum Gasteiger partial charge on any atom is -0.467 e. The Bertz CT molecular complexity index is 2030. The number of aliphatic hydroxyl groups is 5. The molecule has 2 aromatic rings. The van der Waals surface area contributed by atoms with Crippen LogP contribution in [0.25, 0.3) is 0 Å². The Morgan fingerprint density at radius 2 is 1.71 bits per heavy atom. The third kappa shape index (κ3) is 16.4. The molecule has 2 saturated heterocycles. The summed E-state index contributed by atoms with van der Waals surface area (Å²) >= 11 is 0. The van der Waals surface area contributed by atoms with Gasteiger partial charge in [0.15, 0.2) is 18.6 Å². The number of non-ortho nitro benzene ring substituents is 1. The third-order valence-corrected chi connectivity index (χ3v) is 14.9. The zero-order chi connectivity index (χ0) is 54.7. The lowest BCUT2D eigenvalue weighted by molar-refractivity contribution is -0.384. The Labute approximate surface area is 430 Å². The van der Waals surface area contributed by atoms with Gasteiger partial charge in [0.1, 0.15) is 30.0 Å². The number of nitro groups is 1. The van der Waals surface area contributed by atoms with Gasteiger partial charge in [-0.15, -0.1) is 5.10 Å². The molecule has 0 amide bonds. The average molecular weight is 1040 g/mol. The molecule has 0 bridgehead atoms. The van der Waals surface area contributed by atoms with Gasteiger partial charge in [0.25, 0.3) is 5.69 Å². The number of rotatable bonds is 28. The lowest BCUT2D eigenvalue weighted by atomic mass is 9.85. The zero-order valence-corrected chi connectivity index (χ0v) is 45.4. The molecule has 0 aliphatic carbocycles. The molecular formula is C51H86N6O16. The van der Waals surface area contributed by atoms with Crippen molar-refractivity contribution >= 4 is 17.6 Å². The molecule has 1 aromatic heterocycles. The Morgan fingerprint density at radius 1 is 1.05 bits per heavy atom. The maximum absolute atomic E-state index is 14.3. The highest BCUT2D eigenvalue weighted by atomic mass is 16.7. The summed E-state index contributed by atoms with van der Waals surface area (Å²) in [5.41, 5.74) is -1.72. The van der Waals surface area contributed by atoms with Crippen LogP contribution in [0, 0.1) is 27.9 Å². The van der Waals surface area contributed by atoms with Crippen LogP contribution in [0.2, 0.25) is 0 Å². The summed E-state index contributed by atoms with van der Waals surface area (Å²) in [6.45, 7) is 18.5. The molecule has 0 spiro atoms. The van der Waals surface area contributed by atoms with Crippen LogP contribution in [0.5, 0.6) is 0 Å². The van der Waals surface area contributed by atoms with Gasteiger partial charge in [0, 0.05) is 75.8 Å². The molecule has 1 aromatic carbocycles. The number of likely N-dealkylation sites (N-methyl/N-ethyl adjacent to an activating group) is 2. The first kappa shape index (κ1) is 61.8. The van der Waals surface area contributed by atoms with E-state index in [1.807, 2.05) is 44.7 Å². The quantitative estimate of drug-likeness (QED) is 0.0465. The van der Waals surface area contributed by atoms with Crippen molar-refractivity contribution in [2.75, 3.05) is 48.0 Å². The average Bonchev–Trinajstić information content (AvgIpc) is 3.82. The van der Waals surface area contributed by atoms with Gasteiger partial charge in [-0.25, -0.2) is 9.48 Å². The predicted octanol–water partition coefficient (Wildman–Crippen LogP) is 3.22. The molecule has 2 fully saturated rings. The summed E-state index contributed by atoms with van der Waals surface area (Å²) in [6, 6.07) is 4.07. The van der Waals surface area contributed by atoms with Crippen LogP contribution < -0.4 is 0 Å². The van der Waals surface area contributed by atoms with Crippen LogP contribution in [0.4, 0.5) is 5.69 Å². The monoisotopic (exact) mass is 1040 g/mol. The maximum atomic E-state index is 14.3. The van der Waals surface area contributed by atoms with Gasteiger partial charge < -0.3 is 68.5 Å². The van der Waals surface area contributed by atoms with Crippen molar-refractivity contribution in [3.63, 3.8) is 0 Å². The lowest BCUT2D eigenvalue weighted by Crippen LogP contribution is -2.59. The van der Waals surface area contributed by atoms with Crippen molar-refractivity contribution in [2.24, 2.45) is 17.8 Å². The fourth-order valence-corrected chi connectivity index (χ4v) is 10.1. The normalized spacial score (nSPS) is 28.3. The molecule has 1 unspecified atom stereocenters. The Morgan fingerprint density at radius 3 is 2.30 bits per heavy atom. The summed E-state index contributed by atoms with van der Waals surface area (Å²) < 4.78 is 43.5. The zero-order valence-electron chi connectivity index (χ0n) is 45.4. The van der Waals surface area contributed by atoms with Crippen molar-refractivity contribution in [1.82, 2.24) is 24.8 Å². The van der Waals surface area contributed by atoms with Crippen LogP contribution in [-0.2, 0) is 55.6 Å². The molecule has 0 radical (unpaired) electrons. The fraction of sp³-hybridized carbons (Fsp3) is 0.804. The molecule has 4 rings (SSSR count). The lowest BCUT2D eigenvalue weighted by Gasteiger charge is -2.46. The Kier molecular flexibility index (Phi) is 23.1. The standard InChI is InChI=1S/C51H86N6O16/c1-15-41(51(10,64)45(60)34(7)55(12)26-29(2)22-31(4)58)72-47(62)33(6)44(73-42-25-50(9,68-14)46(61)35(8)71-42)30(3)28-69-49-43(59)39(23-32(5)70-49)54(11)21-20-37-27-56(53-52-37)40(48(63)67-13)24-36-16-18-38(19-17-36)57(65)66/h16-19,27,29-35,39-46,49,58-61,64H,15,20-26,28H2,1-14H3/t29-,30-,31?,32-,33-,34-,35+,39+,40+,41-,42+,43-,44+,45-,46+,49-,50-,51-/m1/s1. The molecule has 22 nitrogen and oxygen atoms in total. The summed E-state index contributed by atoms with van der Waals surface area (Å²) in [5, 5.41) is 75.7. The first-order chi connectivity index (χ1) is 34.2. The number of carbonyl (C=O) groups is 2. The van der Waals surface area contributed by atoms with Crippen molar-refractivity contribution in [3.05, 3.63) is 51.8 Å². The molecule has 18 atom stereocenters. The number of carbonyl (C=O) groups excluding carboxylic acids is 2. The SMILES string of the molecule is CC[C@@H](OC(=O)[C@H](C)[C@@H](O[C@H]1C[C@@](C)(OC)[C@@H](O)[C@H](C)O1)[C@H](C)CO[C@@H]1O[C@H](C)C[C@H](N(C)CCc2cn([C@@H](Cc3ccc([N+](=O)[O-])cc3)C(=O)OC)nn2)[C@H]1O)[C@@](C)(O)[C@H](O)[C@@H](C)N(C)C[C@H](C)CC(C)O.